The number of thiazole rings is 1. The topological polar surface area (TPSA) is 109 Å². The highest BCUT2D eigenvalue weighted by molar-refractivity contribution is 14.0. The minimum atomic E-state index is -3.70. The number of guanidine groups is 1. The van der Waals surface area contributed by atoms with E-state index in [2.05, 4.69) is 27.5 Å². The number of nitrogens with zero attached hydrogens (tertiary/aromatic N) is 2. The SMILES string of the molecule is CN=C(NCCc1nc(C)c(C)s1)NCc1cccc(S(N)(=O)=O)c1.I. The lowest BCUT2D eigenvalue weighted by Gasteiger charge is -2.12. The molecule has 0 atom stereocenters. The van der Waals surface area contributed by atoms with E-state index in [1.807, 2.05) is 13.0 Å². The fraction of sp³-hybridized carbons (Fsp3) is 0.375. The highest BCUT2D eigenvalue weighted by Gasteiger charge is 2.08. The summed E-state index contributed by atoms with van der Waals surface area (Å²) in [5.41, 5.74) is 1.89. The van der Waals surface area contributed by atoms with Crippen molar-refractivity contribution in [2.75, 3.05) is 13.6 Å². The molecule has 0 amide bonds. The zero-order valence-corrected chi connectivity index (χ0v) is 18.9. The van der Waals surface area contributed by atoms with Gasteiger partial charge < -0.3 is 10.6 Å². The lowest BCUT2D eigenvalue weighted by molar-refractivity contribution is 0.597. The van der Waals surface area contributed by atoms with Gasteiger partial charge in [-0.15, -0.1) is 35.3 Å². The van der Waals surface area contributed by atoms with E-state index in [4.69, 9.17) is 5.14 Å². The first-order valence-electron chi connectivity index (χ1n) is 7.79. The van der Waals surface area contributed by atoms with Crippen LogP contribution in [0.1, 0.15) is 21.1 Å². The summed E-state index contributed by atoms with van der Waals surface area (Å²) in [5.74, 6) is 0.644. The van der Waals surface area contributed by atoms with Crippen LogP contribution in [0.5, 0.6) is 0 Å². The summed E-state index contributed by atoms with van der Waals surface area (Å²) in [6.45, 7) is 5.24. The number of aromatic nitrogens is 1. The van der Waals surface area contributed by atoms with Gasteiger partial charge >= 0.3 is 0 Å². The van der Waals surface area contributed by atoms with E-state index in [0.29, 0.717) is 19.0 Å². The summed E-state index contributed by atoms with van der Waals surface area (Å²) >= 11 is 1.71. The molecule has 1 heterocycles. The van der Waals surface area contributed by atoms with E-state index in [9.17, 15) is 8.42 Å². The van der Waals surface area contributed by atoms with Crippen molar-refractivity contribution in [3.05, 3.63) is 45.4 Å². The zero-order valence-electron chi connectivity index (χ0n) is 14.9. The molecule has 4 N–H and O–H groups in total. The highest BCUT2D eigenvalue weighted by atomic mass is 127. The Morgan fingerprint density at radius 3 is 2.62 bits per heavy atom. The molecule has 144 valence electrons. The first-order valence-corrected chi connectivity index (χ1v) is 10.1. The Bertz CT molecular complexity index is 846. The molecule has 10 heteroatoms. The highest BCUT2D eigenvalue weighted by Crippen LogP contribution is 2.16. The van der Waals surface area contributed by atoms with Crippen LogP contribution in [0.2, 0.25) is 0 Å². The number of nitrogens with two attached hydrogens (primary N) is 1. The van der Waals surface area contributed by atoms with Crippen LogP contribution in [0.15, 0.2) is 34.2 Å². The molecule has 0 bridgehead atoms. The first kappa shape index (κ1) is 22.8. The molecule has 0 fully saturated rings. The van der Waals surface area contributed by atoms with Crippen molar-refractivity contribution in [3.8, 4) is 0 Å². The van der Waals surface area contributed by atoms with Crippen molar-refractivity contribution < 1.29 is 8.42 Å². The smallest absolute Gasteiger partial charge is 0.238 e. The molecular formula is C16H24IN5O2S2. The van der Waals surface area contributed by atoms with Crippen LogP contribution in [-0.2, 0) is 23.0 Å². The Morgan fingerprint density at radius 1 is 1.31 bits per heavy atom. The summed E-state index contributed by atoms with van der Waals surface area (Å²) in [5, 5.41) is 12.6. The van der Waals surface area contributed by atoms with Gasteiger partial charge in [0.25, 0.3) is 0 Å². The molecule has 0 saturated carbocycles. The molecule has 0 aliphatic carbocycles. The Balaban J connectivity index is 0.00000338. The lowest BCUT2D eigenvalue weighted by atomic mass is 10.2. The van der Waals surface area contributed by atoms with Gasteiger partial charge in [0.15, 0.2) is 5.96 Å². The van der Waals surface area contributed by atoms with Crippen molar-refractivity contribution in [1.29, 1.82) is 0 Å². The van der Waals surface area contributed by atoms with Crippen LogP contribution >= 0.6 is 35.3 Å². The predicted molar refractivity (Wildman–Crippen MR) is 117 cm³/mol. The monoisotopic (exact) mass is 509 g/mol. The fourth-order valence-electron chi connectivity index (χ4n) is 2.17. The van der Waals surface area contributed by atoms with Gasteiger partial charge in [0, 0.05) is 31.4 Å². The van der Waals surface area contributed by atoms with Crippen molar-refractivity contribution in [1.82, 2.24) is 15.6 Å². The molecule has 2 rings (SSSR count). The third kappa shape index (κ3) is 6.82. The maximum atomic E-state index is 11.4. The molecule has 0 radical (unpaired) electrons. The van der Waals surface area contributed by atoms with Crippen molar-refractivity contribution in [3.63, 3.8) is 0 Å². The maximum absolute atomic E-state index is 11.4. The number of aryl methyl sites for hydroxylation is 2. The van der Waals surface area contributed by atoms with Gasteiger partial charge in [0.05, 0.1) is 15.6 Å². The second kappa shape index (κ2) is 10.2. The zero-order chi connectivity index (χ0) is 18.4. The molecular weight excluding hydrogens is 485 g/mol. The normalized spacial score (nSPS) is 11.8. The molecule has 1 aromatic heterocycles. The van der Waals surface area contributed by atoms with Crippen molar-refractivity contribution in [2.45, 2.75) is 31.7 Å². The van der Waals surface area contributed by atoms with Gasteiger partial charge in [0.2, 0.25) is 10.0 Å². The average Bonchev–Trinajstić information content (AvgIpc) is 2.88. The number of aliphatic imine (C=N–C) groups is 1. The van der Waals surface area contributed by atoms with Crippen LogP contribution in [0, 0.1) is 13.8 Å². The van der Waals surface area contributed by atoms with Crippen molar-refractivity contribution >= 4 is 51.3 Å². The third-order valence-electron chi connectivity index (χ3n) is 3.61. The molecule has 0 aliphatic rings. The minimum Gasteiger partial charge on any atom is -0.356 e. The fourth-order valence-corrected chi connectivity index (χ4v) is 3.69. The van der Waals surface area contributed by atoms with Gasteiger partial charge in [-0.1, -0.05) is 12.1 Å². The summed E-state index contributed by atoms with van der Waals surface area (Å²) in [6, 6.07) is 6.52. The Morgan fingerprint density at radius 2 is 2.04 bits per heavy atom. The van der Waals surface area contributed by atoms with Gasteiger partial charge in [-0.05, 0) is 31.5 Å². The lowest BCUT2D eigenvalue weighted by Crippen LogP contribution is -2.37. The van der Waals surface area contributed by atoms with Gasteiger partial charge in [-0.25, -0.2) is 18.5 Å². The molecule has 1 aromatic carbocycles. The Kier molecular flexibility index (Phi) is 8.93. The van der Waals surface area contributed by atoms with E-state index in [-0.39, 0.29) is 28.9 Å². The Hall–Kier alpha value is -1.24. The van der Waals surface area contributed by atoms with E-state index < -0.39 is 10.0 Å². The van der Waals surface area contributed by atoms with Gasteiger partial charge in [-0.3, -0.25) is 4.99 Å². The maximum Gasteiger partial charge on any atom is 0.238 e. The number of hydrogen-bond donors (Lipinski definition) is 3. The number of hydrogen-bond acceptors (Lipinski definition) is 5. The van der Waals surface area contributed by atoms with E-state index in [1.54, 1.807) is 30.5 Å². The van der Waals surface area contributed by atoms with Crippen LogP contribution < -0.4 is 15.8 Å². The summed E-state index contributed by atoms with van der Waals surface area (Å²) in [6.07, 6.45) is 0.820. The van der Waals surface area contributed by atoms with Crippen LogP contribution in [0.3, 0.4) is 0 Å². The van der Waals surface area contributed by atoms with Crippen LogP contribution in [0.4, 0.5) is 0 Å². The standard InChI is InChI=1S/C16H23N5O2S2.HI/c1-11-12(2)24-15(21-11)7-8-19-16(18-3)20-10-13-5-4-6-14(9-13)25(17,22)23;/h4-6,9H,7-8,10H2,1-3H3,(H2,17,22,23)(H2,18,19,20);1H. The number of benzene rings is 1. The summed E-state index contributed by atoms with van der Waals surface area (Å²) in [4.78, 5) is 10.0. The van der Waals surface area contributed by atoms with E-state index in [1.165, 1.54) is 10.9 Å². The number of rotatable bonds is 6. The molecule has 7 nitrogen and oxygen atoms in total. The van der Waals surface area contributed by atoms with E-state index in [0.717, 1.165) is 22.7 Å². The Labute approximate surface area is 175 Å². The van der Waals surface area contributed by atoms with E-state index >= 15 is 0 Å². The quantitative estimate of drug-likeness (QED) is 0.313. The minimum absolute atomic E-state index is 0. The molecule has 0 saturated heterocycles. The average molecular weight is 509 g/mol. The number of halogens is 1. The molecule has 0 unspecified atom stereocenters. The summed E-state index contributed by atoms with van der Waals surface area (Å²) < 4.78 is 22.8. The second-order valence-corrected chi connectivity index (χ2v) is 8.39. The first-order chi connectivity index (χ1) is 11.8. The van der Waals surface area contributed by atoms with Crippen LogP contribution in [-0.4, -0.2) is 33.0 Å². The van der Waals surface area contributed by atoms with Crippen molar-refractivity contribution in [2.24, 2.45) is 10.1 Å². The molecule has 0 aliphatic heterocycles. The second-order valence-electron chi connectivity index (χ2n) is 5.54. The number of sulfonamides is 1. The number of primary sulfonamides is 1. The molecule has 0 spiro atoms. The van der Waals surface area contributed by atoms with Gasteiger partial charge in [-0.2, -0.15) is 0 Å². The van der Waals surface area contributed by atoms with Crippen LogP contribution in [0.25, 0.3) is 0 Å². The third-order valence-corrected chi connectivity index (χ3v) is 5.66. The van der Waals surface area contributed by atoms with Gasteiger partial charge in [0.1, 0.15) is 0 Å². The largest absolute Gasteiger partial charge is 0.356 e. The number of nitrogens with one attached hydrogen (secondary N) is 2. The molecule has 26 heavy (non-hydrogen) atoms. The summed E-state index contributed by atoms with van der Waals surface area (Å²) in [7, 11) is -2.01. The predicted octanol–water partition coefficient (Wildman–Crippen LogP) is 1.93. The molecule has 2 aromatic rings.